The first-order valence-electron chi connectivity index (χ1n) is 13.8. The van der Waals surface area contributed by atoms with Crippen LogP contribution >= 0.6 is 0 Å². The van der Waals surface area contributed by atoms with Crippen LogP contribution in [0.25, 0.3) is 0 Å². The van der Waals surface area contributed by atoms with Crippen molar-refractivity contribution in [1.29, 1.82) is 0 Å². The van der Waals surface area contributed by atoms with E-state index in [1.165, 1.54) is 13.0 Å². The number of hydrogen-bond donors (Lipinski definition) is 2. The number of ether oxygens (including phenoxy) is 1. The van der Waals surface area contributed by atoms with Gasteiger partial charge >= 0.3 is 6.18 Å². The molecule has 4 unspecified atom stereocenters. The number of likely N-dealkylation sites (tertiary alicyclic amines) is 1. The number of halogens is 5. The van der Waals surface area contributed by atoms with E-state index in [0.717, 1.165) is 36.3 Å². The molecular weight excluding hydrogens is 543 g/mol. The first-order chi connectivity index (χ1) is 19.2. The zero-order valence-electron chi connectivity index (χ0n) is 23.3. The van der Waals surface area contributed by atoms with Crippen LogP contribution in [0.3, 0.4) is 0 Å². The number of hydrogen-bond acceptors (Lipinski definition) is 5. The van der Waals surface area contributed by atoms with Crippen LogP contribution in [0.5, 0.6) is 0 Å². The monoisotopic (exact) mass is 578 g/mol. The predicted octanol–water partition coefficient (Wildman–Crippen LogP) is 5.17. The number of nitrogens with zero attached hydrogens (tertiary/aromatic N) is 2. The lowest BCUT2D eigenvalue weighted by Crippen LogP contribution is -2.64. The molecule has 1 saturated heterocycles. The number of aliphatic imine (C=N–C) groups is 1. The van der Waals surface area contributed by atoms with E-state index in [0.29, 0.717) is 38.0 Å². The molecule has 1 spiro atoms. The van der Waals surface area contributed by atoms with Gasteiger partial charge in [-0.05, 0) is 55.0 Å². The van der Waals surface area contributed by atoms with Gasteiger partial charge < -0.3 is 15.8 Å². The van der Waals surface area contributed by atoms with Gasteiger partial charge in [-0.3, -0.25) is 14.7 Å². The third-order valence-electron chi connectivity index (χ3n) is 9.13. The maximum atomic E-state index is 15.0. The van der Waals surface area contributed by atoms with Crippen molar-refractivity contribution < 1.29 is 31.5 Å². The molecule has 3 N–H and O–H groups in total. The molecule has 4 aliphatic rings. The van der Waals surface area contributed by atoms with Gasteiger partial charge in [0.15, 0.2) is 5.54 Å². The number of alkyl halides is 4. The Morgan fingerprint density at radius 2 is 1.98 bits per heavy atom. The number of dihydropyridines is 1. The number of nitrogens with two attached hydrogens (primary N) is 1. The van der Waals surface area contributed by atoms with Crippen molar-refractivity contribution in [3.63, 3.8) is 0 Å². The minimum Gasteiger partial charge on any atom is -0.396 e. The highest BCUT2D eigenvalue weighted by Gasteiger charge is 2.65. The Kier molecular flexibility index (Phi) is 7.43. The fraction of sp³-hybridized carbons (Fsp3) is 0.533. The Morgan fingerprint density at radius 3 is 2.56 bits per heavy atom. The van der Waals surface area contributed by atoms with Crippen molar-refractivity contribution in [2.24, 2.45) is 10.4 Å². The number of piperidine rings is 1. The number of nitrogen functional groups attached to an aromatic ring is 1. The average Bonchev–Trinajstić information content (AvgIpc) is 3.26. The first kappa shape index (κ1) is 29.4. The molecule has 1 amide bonds. The van der Waals surface area contributed by atoms with E-state index >= 15 is 13.2 Å². The number of carbonyl (C=O) groups excluding carboxylic acids is 1. The number of amides is 1. The summed E-state index contributed by atoms with van der Waals surface area (Å²) in [4.78, 5) is 18.7. The van der Waals surface area contributed by atoms with Crippen molar-refractivity contribution in [3.8, 4) is 0 Å². The van der Waals surface area contributed by atoms with Crippen LogP contribution in [-0.2, 0) is 15.1 Å². The second kappa shape index (κ2) is 10.3. The van der Waals surface area contributed by atoms with Crippen LogP contribution in [0, 0.1) is 11.2 Å². The summed E-state index contributed by atoms with van der Waals surface area (Å²) in [5.74, 6) is -1.71. The van der Waals surface area contributed by atoms with Crippen LogP contribution in [0.4, 0.5) is 27.6 Å². The summed E-state index contributed by atoms with van der Waals surface area (Å²) in [5, 5.41) is 2.17. The maximum absolute atomic E-state index is 15.0. The van der Waals surface area contributed by atoms with E-state index in [1.54, 1.807) is 25.3 Å². The Hall–Kier alpha value is -3.05. The van der Waals surface area contributed by atoms with Crippen LogP contribution in [-0.4, -0.2) is 67.3 Å². The van der Waals surface area contributed by atoms with Crippen LogP contribution < -0.4 is 11.1 Å². The highest BCUT2D eigenvalue weighted by atomic mass is 19.4. The Bertz CT molecular complexity index is 1340. The predicted molar refractivity (Wildman–Crippen MR) is 147 cm³/mol. The van der Waals surface area contributed by atoms with Gasteiger partial charge in [0.05, 0.1) is 23.9 Å². The Morgan fingerprint density at radius 1 is 1.27 bits per heavy atom. The summed E-state index contributed by atoms with van der Waals surface area (Å²) < 4.78 is 79.8. The van der Waals surface area contributed by atoms with Gasteiger partial charge in [-0.1, -0.05) is 31.2 Å². The van der Waals surface area contributed by atoms with Gasteiger partial charge in [0, 0.05) is 43.8 Å². The van der Waals surface area contributed by atoms with E-state index in [4.69, 9.17) is 10.5 Å². The smallest absolute Gasteiger partial charge is 0.396 e. The molecule has 222 valence electrons. The molecule has 4 atom stereocenters. The number of anilines is 1. The first-order valence-corrected chi connectivity index (χ1v) is 13.8. The minimum absolute atomic E-state index is 0.0282. The van der Waals surface area contributed by atoms with E-state index in [-0.39, 0.29) is 18.6 Å². The van der Waals surface area contributed by atoms with Crippen molar-refractivity contribution >= 4 is 17.8 Å². The van der Waals surface area contributed by atoms with Gasteiger partial charge in [0.1, 0.15) is 12.0 Å². The number of carbonyl (C=O) groups is 1. The minimum atomic E-state index is -4.93. The van der Waals surface area contributed by atoms with E-state index in [9.17, 15) is 13.6 Å². The van der Waals surface area contributed by atoms with E-state index < -0.39 is 52.4 Å². The van der Waals surface area contributed by atoms with Crippen LogP contribution in [0.2, 0.25) is 0 Å². The van der Waals surface area contributed by atoms with E-state index in [1.807, 2.05) is 0 Å². The Balaban J connectivity index is 1.33. The molecule has 1 fully saturated rings. The van der Waals surface area contributed by atoms with Crippen molar-refractivity contribution in [1.82, 2.24) is 10.2 Å². The standard InChI is InChI=1S/C30H35F5N4O2/c1-18-26(32)22-17-41-28(23(22)15-37-18)10-12-39(13-11-28)16-20-6-8-27(3,9-7-20)29(30(33,34)35,38-19(2)40)21-4-5-24(31)25(36)14-21/h4-8,14-15,18,26H,9-13,16-17,36H2,1-3H3,(H,38,40). The fourth-order valence-electron chi connectivity index (χ4n) is 6.71. The van der Waals surface area contributed by atoms with E-state index in [2.05, 4.69) is 15.2 Å². The van der Waals surface area contributed by atoms with Crippen molar-refractivity contribution in [3.05, 3.63) is 64.5 Å². The number of nitrogens with one attached hydrogen (secondary N) is 1. The lowest BCUT2D eigenvalue weighted by Gasteiger charge is -2.49. The molecule has 1 aliphatic carbocycles. The summed E-state index contributed by atoms with van der Waals surface area (Å²) in [5.41, 5.74) is 2.25. The van der Waals surface area contributed by atoms with Gasteiger partial charge in [0.2, 0.25) is 5.91 Å². The maximum Gasteiger partial charge on any atom is 0.416 e. The molecule has 1 aromatic rings. The van der Waals surface area contributed by atoms with Crippen molar-refractivity contribution in [2.75, 3.05) is 32.0 Å². The lowest BCUT2D eigenvalue weighted by molar-refractivity contribution is -0.228. The number of allylic oxidation sites excluding steroid dienone is 1. The second-order valence-corrected chi connectivity index (χ2v) is 11.8. The number of benzene rings is 1. The van der Waals surface area contributed by atoms with Gasteiger partial charge in [0.25, 0.3) is 0 Å². The quantitative estimate of drug-likeness (QED) is 0.374. The molecule has 6 nitrogen and oxygen atoms in total. The third-order valence-corrected chi connectivity index (χ3v) is 9.13. The highest BCUT2D eigenvalue weighted by molar-refractivity contribution is 5.85. The highest BCUT2D eigenvalue weighted by Crippen LogP contribution is 2.55. The number of rotatable bonds is 5. The molecule has 0 aromatic heterocycles. The molecule has 0 saturated carbocycles. The molecule has 0 radical (unpaired) electrons. The molecule has 3 heterocycles. The second-order valence-electron chi connectivity index (χ2n) is 11.8. The topological polar surface area (TPSA) is 80.0 Å². The molecule has 0 bridgehead atoms. The molecular formula is C30H35F5N4O2. The summed E-state index contributed by atoms with van der Waals surface area (Å²) >= 11 is 0. The zero-order chi connectivity index (χ0) is 29.8. The lowest BCUT2D eigenvalue weighted by atomic mass is 9.62. The van der Waals surface area contributed by atoms with Gasteiger partial charge in [-0.15, -0.1) is 0 Å². The summed E-state index contributed by atoms with van der Waals surface area (Å²) in [6.07, 6.45) is 1.92. The average molecular weight is 579 g/mol. The SMILES string of the molecule is CC(=O)NC(c1ccc(F)c(N)c1)(C(F)(F)F)C1(C)C=CC(CN2CCC3(CC2)OCC2=C3C=NC(C)C2F)=CC1. The van der Waals surface area contributed by atoms with Gasteiger partial charge in [-0.25, -0.2) is 8.78 Å². The molecule has 1 aromatic carbocycles. The molecule has 3 aliphatic heterocycles. The molecule has 41 heavy (non-hydrogen) atoms. The Labute approximate surface area is 236 Å². The summed E-state index contributed by atoms with van der Waals surface area (Å²) in [7, 11) is 0. The third kappa shape index (κ3) is 4.90. The van der Waals surface area contributed by atoms with Crippen LogP contribution in [0.15, 0.2) is 58.1 Å². The normalized spacial score (nSPS) is 29.3. The van der Waals surface area contributed by atoms with Gasteiger partial charge in [-0.2, -0.15) is 13.2 Å². The molecule has 5 rings (SSSR count). The zero-order valence-corrected chi connectivity index (χ0v) is 23.3. The molecule has 11 heteroatoms. The largest absolute Gasteiger partial charge is 0.416 e. The fourth-order valence-corrected chi connectivity index (χ4v) is 6.71. The summed E-state index contributed by atoms with van der Waals surface area (Å²) in [6.45, 7) is 6.34. The summed E-state index contributed by atoms with van der Waals surface area (Å²) in [6, 6.07) is 2.43. The van der Waals surface area contributed by atoms with Crippen LogP contribution in [0.1, 0.15) is 45.6 Å². The van der Waals surface area contributed by atoms with Crippen molar-refractivity contribution in [2.45, 2.75) is 69.6 Å². The number of fused-ring (bicyclic) bond motifs is 1.